The fraction of sp³-hybridized carbons (Fsp3) is 0.353. The Morgan fingerprint density at radius 1 is 0.821 bits per heavy atom. The molecule has 28 heavy (non-hydrogen) atoms. The summed E-state index contributed by atoms with van der Waals surface area (Å²) in [6.45, 7) is 0. The number of rotatable bonds is 11. The average Bonchev–Trinajstić information content (AvgIpc) is 2.60. The van der Waals surface area contributed by atoms with Crippen molar-refractivity contribution >= 4 is 29.7 Å². The Kier molecular flexibility index (Phi) is 8.56. The third kappa shape index (κ3) is 7.83. The number of hydrogen-bond donors (Lipinski definition) is 6. The number of carbonyl (C=O) groups excluding carboxylic acids is 2. The lowest BCUT2D eigenvalue weighted by atomic mass is 10.1. The van der Waals surface area contributed by atoms with Gasteiger partial charge in [-0.2, -0.15) is 0 Å². The Morgan fingerprint density at radius 2 is 1.32 bits per heavy atom. The van der Waals surface area contributed by atoms with E-state index in [0.29, 0.717) is 0 Å². The molecule has 0 bridgehead atoms. The summed E-state index contributed by atoms with van der Waals surface area (Å²) in [5.41, 5.74) is 6.53. The van der Waals surface area contributed by atoms with E-state index in [-0.39, 0.29) is 6.42 Å². The van der Waals surface area contributed by atoms with E-state index in [4.69, 9.17) is 21.1 Å². The highest BCUT2D eigenvalue weighted by atomic mass is 16.4. The molecule has 152 valence electrons. The van der Waals surface area contributed by atoms with Crippen molar-refractivity contribution < 1.29 is 39.3 Å². The van der Waals surface area contributed by atoms with Crippen LogP contribution in [0.2, 0.25) is 0 Å². The van der Waals surface area contributed by atoms with E-state index in [1.54, 1.807) is 30.3 Å². The van der Waals surface area contributed by atoms with Crippen LogP contribution >= 0.6 is 0 Å². The van der Waals surface area contributed by atoms with Crippen LogP contribution in [0, 0.1) is 0 Å². The van der Waals surface area contributed by atoms with Gasteiger partial charge in [0.15, 0.2) is 0 Å². The first-order chi connectivity index (χ1) is 13.1. The summed E-state index contributed by atoms with van der Waals surface area (Å²) in [4.78, 5) is 57.1. The summed E-state index contributed by atoms with van der Waals surface area (Å²) in [5, 5.41) is 30.7. The molecule has 1 aromatic carbocycles. The minimum absolute atomic E-state index is 0.130. The zero-order valence-electron chi connectivity index (χ0n) is 14.7. The number of carboxylic acid groups (broad SMARTS) is 3. The van der Waals surface area contributed by atoms with Crippen LogP contribution in [0.5, 0.6) is 0 Å². The van der Waals surface area contributed by atoms with Crippen LogP contribution < -0.4 is 16.4 Å². The topological polar surface area (TPSA) is 196 Å². The van der Waals surface area contributed by atoms with Gasteiger partial charge in [-0.3, -0.25) is 19.2 Å². The van der Waals surface area contributed by atoms with Crippen molar-refractivity contribution in [1.29, 1.82) is 0 Å². The molecule has 0 aliphatic carbocycles. The van der Waals surface area contributed by atoms with Gasteiger partial charge in [0, 0.05) is 0 Å². The molecule has 0 aliphatic heterocycles. The summed E-state index contributed by atoms with van der Waals surface area (Å²) in [6.07, 6.45) is -1.62. The molecule has 0 saturated carbocycles. The van der Waals surface area contributed by atoms with Gasteiger partial charge in [-0.05, 0) is 12.0 Å². The molecule has 0 spiro atoms. The second-order valence-electron chi connectivity index (χ2n) is 5.95. The van der Waals surface area contributed by atoms with E-state index in [0.717, 1.165) is 5.56 Å². The van der Waals surface area contributed by atoms with Crippen molar-refractivity contribution in [1.82, 2.24) is 10.6 Å². The van der Waals surface area contributed by atoms with Crippen molar-refractivity contribution in [2.75, 3.05) is 0 Å². The molecule has 3 atom stereocenters. The Morgan fingerprint density at radius 3 is 1.82 bits per heavy atom. The largest absolute Gasteiger partial charge is 0.481 e. The van der Waals surface area contributed by atoms with Crippen molar-refractivity contribution in [2.24, 2.45) is 5.73 Å². The van der Waals surface area contributed by atoms with Crippen molar-refractivity contribution in [3.8, 4) is 0 Å². The molecule has 0 fully saturated rings. The van der Waals surface area contributed by atoms with E-state index in [1.165, 1.54) is 0 Å². The Hall–Kier alpha value is -3.47. The molecule has 11 heteroatoms. The molecular weight excluding hydrogens is 374 g/mol. The van der Waals surface area contributed by atoms with Crippen LogP contribution in [0.25, 0.3) is 0 Å². The van der Waals surface area contributed by atoms with Crippen LogP contribution in [-0.2, 0) is 30.4 Å². The van der Waals surface area contributed by atoms with Crippen molar-refractivity contribution in [2.45, 2.75) is 37.4 Å². The lowest BCUT2D eigenvalue weighted by molar-refractivity contribution is -0.148. The van der Waals surface area contributed by atoms with E-state index in [1.807, 2.05) is 5.32 Å². The van der Waals surface area contributed by atoms with Gasteiger partial charge >= 0.3 is 17.9 Å². The first-order valence-corrected chi connectivity index (χ1v) is 8.16. The molecule has 0 unspecified atom stereocenters. The lowest BCUT2D eigenvalue weighted by Crippen LogP contribution is -2.55. The fourth-order valence-electron chi connectivity index (χ4n) is 2.27. The zero-order valence-corrected chi connectivity index (χ0v) is 14.7. The first-order valence-electron chi connectivity index (χ1n) is 8.16. The highest BCUT2D eigenvalue weighted by molar-refractivity contribution is 5.94. The van der Waals surface area contributed by atoms with E-state index >= 15 is 0 Å². The highest BCUT2D eigenvalue weighted by Crippen LogP contribution is 2.04. The van der Waals surface area contributed by atoms with Gasteiger partial charge in [0.05, 0.1) is 18.9 Å². The number of hydrogen-bond acceptors (Lipinski definition) is 6. The lowest BCUT2D eigenvalue weighted by Gasteiger charge is -2.21. The average molecular weight is 395 g/mol. The molecule has 1 rings (SSSR count). The predicted octanol–water partition coefficient (Wildman–Crippen LogP) is -1.44. The number of benzene rings is 1. The van der Waals surface area contributed by atoms with Crippen molar-refractivity contribution in [3.05, 3.63) is 35.9 Å². The number of nitrogens with one attached hydrogen (secondary N) is 2. The molecule has 0 heterocycles. The normalized spacial score (nSPS) is 13.6. The van der Waals surface area contributed by atoms with Crippen LogP contribution in [-0.4, -0.2) is 63.2 Å². The summed E-state index contributed by atoms with van der Waals surface area (Å²) in [5.74, 6) is -6.47. The monoisotopic (exact) mass is 395 g/mol. The maximum Gasteiger partial charge on any atom is 0.326 e. The smallest absolute Gasteiger partial charge is 0.326 e. The quantitative estimate of drug-likeness (QED) is 0.260. The summed E-state index contributed by atoms with van der Waals surface area (Å²) in [6, 6.07) is 4.25. The summed E-state index contributed by atoms with van der Waals surface area (Å²) in [7, 11) is 0. The maximum absolute atomic E-state index is 12.2. The van der Waals surface area contributed by atoms with E-state index in [9.17, 15) is 24.0 Å². The molecule has 0 aliphatic rings. The SMILES string of the molecule is N[C@@H](Cc1ccccc1)C(=O)N[C@@H](CC(=O)O)C(=O)N[C@@H](CC(=O)O)C(=O)O. The van der Waals surface area contributed by atoms with E-state index < -0.39 is 60.7 Å². The van der Waals surface area contributed by atoms with Gasteiger partial charge in [0.2, 0.25) is 11.8 Å². The second-order valence-corrected chi connectivity index (χ2v) is 5.95. The van der Waals surface area contributed by atoms with Gasteiger partial charge in [-0.15, -0.1) is 0 Å². The number of carbonyl (C=O) groups is 5. The Labute approximate surface area is 159 Å². The van der Waals surface area contributed by atoms with Gasteiger partial charge in [-0.25, -0.2) is 4.79 Å². The van der Waals surface area contributed by atoms with Crippen LogP contribution in [0.15, 0.2) is 30.3 Å². The predicted molar refractivity (Wildman–Crippen MR) is 94.1 cm³/mol. The number of nitrogens with two attached hydrogens (primary N) is 1. The minimum atomic E-state index is -1.78. The van der Waals surface area contributed by atoms with Crippen LogP contribution in [0.1, 0.15) is 18.4 Å². The molecule has 7 N–H and O–H groups in total. The standard InChI is InChI=1S/C17H21N3O8/c18-10(6-9-4-2-1-3-5-9)15(25)19-11(7-13(21)22)16(26)20-12(17(27)28)8-14(23)24/h1-5,10-12H,6-8,18H2,(H,19,25)(H,20,26)(H,21,22)(H,23,24)(H,27,28)/t10-,11-,12-/m0/s1. The molecule has 11 nitrogen and oxygen atoms in total. The fourth-order valence-corrected chi connectivity index (χ4v) is 2.27. The second kappa shape index (κ2) is 10.6. The number of carboxylic acids is 3. The highest BCUT2D eigenvalue weighted by Gasteiger charge is 2.30. The van der Waals surface area contributed by atoms with E-state index in [2.05, 4.69) is 5.32 Å². The van der Waals surface area contributed by atoms with Gasteiger partial charge in [0.1, 0.15) is 12.1 Å². The van der Waals surface area contributed by atoms with Gasteiger partial charge in [-0.1, -0.05) is 30.3 Å². The molecular formula is C17H21N3O8. The Bertz CT molecular complexity index is 737. The van der Waals surface area contributed by atoms with Gasteiger partial charge < -0.3 is 31.7 Å². The van der Waals surface area contributed by atoms with Crippen molar-refractivity contribution in [3.63, 3.8) is 0 Å². The maximum atomic E-state index is 12.2. The third-order valence-electron chi connectivity index (χ3n) is 3.64. The van der Waals surface area contributed by atoms with Crippen LogP contribution in [0.3, 0.4) is 0 Å². The summed E-state index contributed by atoms with van der Waals surface area (Å²) >= 11 is 0. The Balaban J connectivity index is 2.81. The minimum Gasteiger partial charge on any atom is -0.481 e. The zero-order chi connectivity index (χ0) is 21.3. The molecule has 0 aromatic heterocycles. The number of amides is 2. The number of aliphatic carboxylic acids is 3. The third-order valence-corrected chi connectivity index (χ3v) is 3.64. The summed E-state index contributed by atoms with van der Waals surface area (Å²) < 4.78 is 0. The molecule has 0 saturated heterocycles. The molecule has 2 amide bonds. The van der Waals surface area contributed by atoms with Crippen LogP contribution in [0.4, 0.5) is 0 Å². The first kappa shape index (κ1) is 22.6. The van der Waals surface area contributed by atoms with Gasteiger partial charge in [0.25, 0.3) is 0 Å². The molecule has 1 aromatic rings. The molecule has 0 radical (unpaired) electrons.